The first-order valence-corrected chi connectivity index (χ1v) is 12.0. The fourth-order valence-corrected chi connectivity index (χ4v) is 5.77. The molecule has 0 saturated carbocycles. The van der Waals surface area contributed by atoms with Crippen LogP contribution >= 0.6 is 0 Å². The van der Waals surface area contributed by atoms with Crippen LogP contribution in [0.1, 0.15) is 63.0 Å². The largest absolute Gasteiger partial charge is 0.495 e. The van der Waals surface area contributed by atoms with E-state index in [1.165, 1.54) is 31.2 Å². The normalized spacial score (nSPS) is 21.0. The lowest BCUT2D eigenvalue weighted by atomic mass is 9.92. The first-order valence-electron chi connectivity index (χ1n) is 10.5. The van der Waals surface area contributed by atoms with E-state index in [1.54, 1.807) is 7.11 Å². The van der Waals surface area contributed by atoms with E-state index in [0.717, 1.165) is 50.8 Å². The number of likely N-dealkylation sites (tertiary alicyclic amines) is 1. The smallest absolute Gasteiger partial charge is 0.244 e. The molecule has 0 unspecified atom stereocenters. The Morgan fingerprint density at radius 3 is 2.59 bits per heavy atom. The number of hydrogen-bond acceptors (Lipinski definition) is 4. The van der Waals surface area contributed by atoms with Gasteiger partial charge in [-0.1, -0.05) is 13.3 Å². The summed E-state index contributed by atoms with van der Waals surface area (Å²) < 4.78 is 33.9. The van der Waals surface area contributed by atoms with E-state index in [-0.39, 0.29) is 4.90 Å². The lowest BCUT2D eigenvalue weighted by molar-refractivity contribution is 0.143. The van der Waals surface area contributed by atoms with Gasteiger partial charge in [-0.15, -0.1) is 0 Å². The van der Waals surface area contributed by atoms with Gasteiger partial charge in [0, 0.05) is 12.6 Å². The second-order valence-electron chi connectivity index (χ2n) is 7.82. The summed E-state index contributed by atoms with van der Waals surface area (Å²) in [7, 11) is -2.01. The maximum absolute atomic E-state index is 12.9. The highest BCUT2D eigenvalue weighted by molar-refractivity contribution is 7.89. The zero-order valence-corrected chi connectivity index (χ0v) is 17.6. The molecule has 27 heavy (non-hydrogen) atoms. The highest BCUT2D eigenvalue weighted by atomic mass is 32.2. The van der Waals surface area contributed by atoms with E-state index in [4.69, 9.17) is 4.74 Å². The average Bonchev–Trinajstić information content (AvgIpc) is 2.70. The van der Waals surface area contributed by atoms with Crippen LogP contribution in [0.25, 0.3) is 0 Å². The maximum atomic E-state index is 12.9. The van der Waals surface area contributed by atoms with Gasteiger partial charge in [-0.05, 0) is 87.7 Å². The van der Waals surface area contributed by atoms with Crippen molar-refractivity contribution in [3.8, 4) is 5.75 Å². The minimum absolute atomic E-state index is 0.287. The molecular formula is C21H34N2O3S. The van der Waals surface area contributed by atoms with Crippen molar-refractivity contribution in [2.45, 2.75) is 75.6 Å². The number of fused-ring (bicyclic) bond motifs is 1. The fraction of sp³-hybridized carbons (Fsp3) is 0.714. The quantitative estimate of drug-likeness (QED) is 0.686. The van der Waals surface area contributed by atoms with Crippen LogP contribution in [-0.4, -0.2) is 46.1 Å². The van der Waals surface area contributed by atoms with Crippen LogP contribution in [0.3, 0.4) is 0 Å². The highest BCUT2D eigenvalue weighted by Crippen LogP contribution is 2.31. The summed E-state index contributed by atoms with van der Waals surface area (Å²) in [5.41, 5.74) is 2.38. The zero-order chi connectivity index (χ0) is 19.3. The van der Waals surface area contributed by atoms with Gasteiger partial charge in [-0.3, -0.25) is 0 Å². The molecule has 3 rings (SSSR count). The Bertz CT molecular complexity index is 733. The van der Waals surface area contributed by atoms with Crippen molar-refractivity contribution in [1.82, 2.24) is 9.62 Å². The molecule has 1 N–H and O–H groups in total. The summed E-state index contributed by atoms with van der Waals surface area (Å²) in [6.07, 6.45) is 10.1. The van der Waals surface area contributed by atoms with E-state index >= 15 is 0 Å². The van der Waals surface area contributed by atoms with Gasteiger partial charge in [0.05, 0.1) is 7.11 Å². The van der Waals surface area contributed by atoms with E-state index in [9.17, 15) is 8.42 Å². The second-order valence-corrected chi connectivity index (χ2v) is 9.56. The molecule has 1 saturated heterocycles. The lowest BCUT2D eigenvalue weighted by Gasteiger charge is -2.35. The number of aryl methyl sites for hydroxylation is 2. The summed E-state index contributed by atoms with van der Waals surface area (Å²) in [5, 5.41) is 0. The monoisotopic (exact) mass is 394 g/mol. The third-order valence-corrected chi connectivity index (χ3v) is 7.53. The Hall–Kier alpha value is -1.11. The van der Waals surface area contributed by atoms with Gasteiger partial charge < -0.3 is 9.64 Å². The molecule has 0 aromatic heterocycles. The van der Waals surface area contributed by atoms with Crippen LogP contribution in [0.15, 0.2) is 17.0 Å². The molecular weight excluding hydrogens is 360 g/mol. The SMILES string of the molecule is CC[C@H]1CCCCN1CCCNS(=O)(=O)c1cc2c(cc1OC)CCCC2. The molecule has 0 bridgehead atoms. The van der Waals surface area contributed by atoms with Gasteiger partial charge in [-0.2, -0.15) is 0 Å². The van der Waals surface area contributed by atoms with E-state index in [2.05, 4.69) is 16.5 Å². The second kappa shape index (κ2) is 9.39. The number of nitrogens with zero attached hydrogens (tertiary/aromatic N) is 1. The van der Waals surface area contributed by atoms with Gasteiger partial charge in [0.15, 0.2) is 0 Å². The molecule has 152 valence electrons. The Balaban J connectivity index is 1.61. The number of sulfonamides is 1. The molecule has 1 fully saturated rings. The summed E-state index contributed by atoms with van der Waals surface area (Å²) in [4.78, 5) is 2.81. The molecule has 0 spiro atoms. The van der Waals surface area contributed by atoms with Crippen molar-refractivity contribution in [2.24, 2.45) is 0 Å². The zero-order valence-electron chi connectivity index (χ0n) is 16.8. The molecule has 1 aliphatic heterocycles. The van der Waals surface area contributed by atoms with Crippen molar-refractivity contribution in [3.63, 3.8) is 0 Å². The van der Waals surface area contributed by atoms with Crippen LogP contribution in [-0.2, 0) is 22.9 Å². The number of piperidine rings is 1. The van der Waals surface area contributed by atoms with E-state index in [0.29, 0.717) is 18.3 Å². The van der Waals surface area contributed by atoms with Gasteiger partial charge in [0.1, 0.15) is 10.6 Å². The van der Waals surface area contributed by atoms with E-state index < -0.39 is 10.0 Å². The maximum Gasteiger partial charge on any atom is 0.244 e. The molecule has 2 aliphatic rings. The summed E-state index contributed by atoms with van der Waals surface area (Å²) >= 11 is 0. The molecule has 1 heterocycles. The van der Waals surface area contributed by atoms with Crippen LogP contribution in [0.2, 0.25) is 0 Å². The van der Waals surface area contributed by atoms with Crippen LogP contribution < -0.4 is 9.46 Å². The molecule has 1 aromatic carbocycles. The molecule has 6 heteroatoms. The molecule has 0 radical (unpaired) electrons. The van der Waals surface area contributed by atoms with Crippen LogP contribution in [0.5, 0.6) is 5.75 Å². The highest BCUT2D eigenvalue weighted by Gasteiger charge is 2.24. The van der Waals surface area contributed by atoms with Crippen LogP contribution in [0, 0.1) is 0 Å². The number of ether oxygens (including phenoxy) is 1. The predicted molar refractivity (Wildman–Crippen MR) is 109 cm³/mol. The predicted octanol–water partition coefficient (Wildman–Crippen LogP) is 3.51. The fourth-order valence-electron chi connectivity index (χ4n) is 4.49. The molecule has 0 amide bonds. The molecule has 1 aliphatic carbocycles. The van der Waals surface area contributed by atoms with Crippen molar-refractivity contribution in [2.75, 3.05) is 26.7 Å². The first kappa shape index (κ1) is 20.6. The Morgan fingerprint density at radius 1 is 1.15 bits per heavy atom. The third-order valence-electron chi connectivity index (χ3n) is 6.05. The summed E-state index contributed by atoms with van der Waals surface area (Å²) in [5.74, 6) is 0.463. The van der Waals surface area contributed by atoms with Gasteiger partial charge in [-0.25, -0.2) is 13.1 Å². The summed E-state index contributed by atoms with van der Waals surface area (Å²) in [6.45, 7) is 4.82. The standard InChI is InChI=1S/C21H34N2O3S/c1-3-19-11-6-7-13-23(19)14-8-12-22-27(24,25)21-16-18-10-5-4-9-17(18)15-20(21)26-2/h15-16,19,22H,3-14H2,1-2H3/t19-/m0/s1. The third kappa shape index (κ3) is 5.04. The van der Waals surface area contributed by atoms with Gasteiger partial charge >= 0.3 is 0 Å². The van der Waals surface area contributed by atoms with Crippen molar-refractivity contribution in [1.29, 1.82) is 0 Å². The van der Waals surface area contributed by atoms with Gasteiger partial charge in [0.25, 0.3) is 0 Å². The van der Waals surface area contributed by atoms with Crippen molar-refractivity contribution < 1.29 is 13.2 Å². The number of rotatable bonds is 8. The van der Waals surface area contributed by atoms with Crippen molar-refractivity contribution in [3.05, 3.63) is 23.3 Å². The minimum Gasteiger partial charge on any atom is -0.495 e. The molecule has 1 aromatic rings. The summed E-state index contributed by atoms with van der Waals surface area (Å²) in [6, 6.07) is 4.41. The number of nitrogens with one attached hydrogen (secondary N) is 1. The number of methoxy groups -OCH3 is 1. The Morgan fingerprint density at radius 2 is 1.89 bits per heavy atom. The van der Waals surface area contributed by atoms with Gasteiger partial charge in [0.2, 0.25) is 10.0 Å². The topological polar surface area (TPSA) is 58.6 Å². The number of hydrogen-bond donors (Lipinski definition) is 1. The van der Waals surface area contributed by atoms with Crippen LogP contribution in [0.4, 0.5) is 0 Å². The van der Waals surface area contributed by atoms with E-state index in [1.807, 2.05) is 12.1 Å². The Kier molecular flexibility index (Phi) is 7.17. The molecule has 5 nitrogen and oxygen atoms in total. The molecule has 1 atom stereocenters. The first-order chi connectivity index (χ1) is 13.0. The van der Waals surface area contributed by atoms with Crippen molar-refractivity contribution >= 4 is 10.0 Å². The lowest BCUT2D eigenvalue weighted by Crippen LogP contribution is -2.40. The Labute approximate surface area is 164 Å². The average molecular weight is 395 g/mol. The number of benzene rings is 1. The minimum atomic E-state index is -3.55.